The van der Waals surface area contributed by atoms with Crippen LogP contribution in [0.2, 0.25) is 0 Å². The van der Waals surface area contributed by atoms with Crippen LogP contribution in [0.5, 0.6) is 0 Å². The Hall–Kier alpha value is -3.46. The van der Waals surface area contributed by atoms with E-state index in [1.807, 2.05) is 54.6 Å². The second-order valence-electron chi connectivity index (χ2n) is 10.5. The fourth-order valence-electron chi connectivity index (χ4n) is 5.38. The largest absolute Gasteiger partial charge is 0.445 e. The average molecular weight is 576 g/mol. The minimum atomic E-state index is -3.58. The van der Waals surface area contributed by atoms with E-state index in [9.17, 15) is 13.2 Å². The fourth-order valence-corrected chi connectivity index (χ4v) is 6.61. The molecule has 1 aliphatic heterocycles. The van der Waals surface area contributed by atoms with Crippen molar-refractivity contribution in [3.05, 3.63) is 115 Å². The van der Waals surface area contributed by atoms with Crippen LogP contribution < -0.4 is 0 Å². The van der Waals surface area contributed by atoms with Gasteiger partial charge in [0.1, 0.15) is 6.61 Å². The topological polar surface area (TPSA) is 70.2 Å². The van der Waals surface area contributed by atoms with Gasteiger partial charge in [0.2, 0.25) is 10.0 Å². The number of carbonyl (C=O) groups is 1. The molecule has 1 aliphatic rings. The maximum absolute atomic E-state index is 13.2. The van der Waals surface area contributed by atoms with Gasteiger partial charge in [-0.05, 0) is 55.0 Å². The van der Waals surface area contributed by atoms with Crippen LogP contribution in [0.3, 0.4) is 0 Å². The molecule has 4 rings (SSSR count). The molecule has 1 fully saturated rings. The van der Waals surface area contributed by atoms with Crippen molar-refractivity contribution >= 4 is 16.1 Å². The van der Waals surface area contributed by atoms with E-state index in [4.69, 9.17) is 4.74 Å². The van der Waals surface area contributed by atoms with Crippen LogP contribution in [-0.4, -0.2) is 74.4 Å². The summed E-state index contributed by atoms with van der Waals surface area (Å²) in [6, 6.07) is 28.5. The molecule has 1 atom stereocenters. The molecule has 3 aromatic rings. The lowest BCUT2D eigenvalue weighted by Gasteiger charge is -2.38. The lowest BCUT2D eigenvalue weighted by molar-refractivity contribution is 0.0654. The average Bonchev–Trinajstić information content (AvgIpc) is 3.02. The molecule has 0 aliphatic carbocycles. The molecule has 1 saturated heterocycles. The van der Waals surface area contributed by atoms with Crippen LogP contribution in [0.15, 0.2) is 109 Å². The van der Waals surface area contributed by atoms with E-state index >= 15 is 0 Å². The molecule has 0 unspecified atom stereocenters. The molecule has 218 valence electrons. The highest BCUT2D eigenvalue weighted by Crippen LogP contribution is 2.26. The summed E-state index contributed by atoms with van der Waals surface area (Å²) >= 11 is 0. The van der Waals surface area contributed by atoms with Gasteiger partial charge in [-0.2, -0.15) is 0 Å². The smallest absolute Gasteiger partial charge is 0.410 e. The van der Waals surface area contributed by atoms with Crippen molar-refractivity contribution in [3.63, 3.8) is 0 Å². The molecule has 1 heterocycles. The molecule has 0 radical (unpaired) electrons. The van der Waals surface area contributed by atoms with Crippen molar-refractivity contribution in [2.75, 3.05) is 39.8 Å². The number of sulfonamides is 1. The summed E-state index contributed by atoms with van der Waals surface area (Å²) in [6.45, 7) is 7.53. The molecule has 0 bridgehead atoms. The summed E-state index contributed by atoms with van der Waals surface area (Å²) in [6.07, 6.45) is 3.98. The lowest BCUT2D eigenvalue weighted by atomic mass is 9.94. The number of likely N-dealkylation sites (tertiary alicyclic amines) is 1. The van der Waals surface area contributed by atoms with Crippen LogP contribution >= 0.6 is 0 Å². The minimum Gasteiger partial charge on any atom is -0.445 e. The minimum absolute atomic E-state index is 0.0580. The second kappa shape index (κ2) is 15.0. The Bertz CT molecular complexity index is 1330. The highest BCUT2D eigenvalue weighted by atomic mass is 32.2. The van der Waals surface area contributed by atoms with Crippen LogP contribution in [0.25, 0.3) is 0 Å². The molecule has 8 heteroatoms. The Morgan fingerprint density at radius 3 is 2.17 bits per heavy atom. The van der Waals surface area contributed by atoms with E-state index in [2.05, 4.69) is 23.6 Å². The van der Waals surface area contributed by atoms with Crippen LogP contribution in [0, 0.1) is 0 Å². The summed E-state index contributed by atoms with van der Waals surface area (Å²) in [4.78, 5) is 17.5. The summed E-state index contributed by atoms with van der Waals surface area (Å²) in [5.74, 6) is 0.0580. The highest BCUT2D eigenvalue weighted by molar-refractivity contribution is 7.89. The normalized spacial score (nSPS) is 15.4. The molecule has 7 nitrogen and oxygen atoms in total. The third kappa shape index (κ3) is 8.52. The van der Waals surface area contributed by atoms with Gasteiger partial charge in [0, 0.05) is 39.3 Å². The van der Waals surface area contributed by atoms with Crippen molar-refractivity contribution in [2.24, 2.45) is 0 Å². The van der Waals surface area contributed by atoms with Crippen LogP contribution in [0.1, 0.15) is 36.3 Å². The molecule has 41 heavy (non-hydrogen) atoms. The van der Waals surface area contributed by atoms with Gasteiger partial charge >= 0.3 is 6.09 Å². The predicted molar refractivity (Wildman–Crippen MR) is 163 cm³/mol. The Kier molecular flexibility index (Phi) is 11.1. The van der Waals surface area contributed by atoms with Crippen molar-refractivity contribution in [1.82, 2.24) is 14.1 Å². The summed E-state index contributed by atoms with van der Waals surface area (Å²) in [7, 11) is -1.91. The van der Waals surface area contributed by atoms with Gasteiger partial charge in [0.15, 0.2) is 0 Å². The molecular weight excluding hydrogens is 534 g/mol. The van der Waals surface area contributed by atoms with Crippen molar-refractivity contribution in [3.8, 4) is 0 Å². The monoisotopic (exact) mass is 575 g/mol. The Morgan fingerprint density at radius 2 is 1.56 bits per heavy atom. The third-order valence-electron chi connectivity index (χ3n) is 7.76. The number of hydrogen-bond acceptors (Lipinski definition) is 5. The maximum atomic E-state index is 13.2. The second-order valence-corrected chi connectivity index (χ2v) is 12.6. The third-order valence-corrected chi connectivity index (χ3v) is 9.59. The number of ether oxygens (including phenoxy) is 1. The summed E-state index contributed by atoms with van der Waals surface area (Å²) in [5.41, 5.74) is 2.10. The van der Waals surface area contributed by atoms with Gasteiger partial charge in [-0.25, -0.2) is 17.5 Å². The zero-order chi connectivity index (χ0) is 29.1. The first-order chi connectivity index (χ1) is 19.9. The summed E-state index contributed by atoms with van der Waals surface area (Å²) < 4.78 is 33.5. The molecule has 0 N–H and O–H groups in total. The fraction of sp³-hybridized carbons (Fsp3) is 0.364. The van der Waals surface area contributed by atoms with Gasteiger partial charge in [-0.15, -0.1) is 6.58 Å². The Morgan fingerprint density at radius 1 is 0.976 bits per heavy atom. The standard InChI is InChI=1S/C33H41N3O4S/c1-3-22-36(33(37)40-27-28-13-7-4-8-14-28)31-20-24-35(25-21-31)23-19-30(29-15-9-5-10-16-29)26-34(2)41(38,39)32-17-11-6-12-18-32/h3-18,30-31H,1,19-27H2,2H3/t30-/m0/s1. The molecular formula is C33H41N3O4S. The van der Waals surface area contributed by atoms with Crippen molar-refractivity contribution in [2.45, 2.75) is 42.7 Å². The number of carbonyl (C=O) groups excluding carboxylic acids is 1. The number of piperidine rings is 1. The van der Waals surface area contributed by atoms with E-state index in [1.54, 1.807) is 42.3 Å². The lowest BCUT2D eigenvalue weighted by Crippen LogP contribution is -2.48. The number of amides is 1. The SMILES string of the molecule is C=CCN(C(=O)OCc1ccccc1)C1CCN(CC[C@@H](CN(C)S(=O)(=O)c2ccccc2)c2ccccc2)CC1. The molecule has 0 spiro atoms. The van der Waals surface area contributed by atoms with Gasteiger partial charge in [0.25, 0.3) is 0 Å². The van der Waals surface area contributed by atoms with Gasteiger partial charge in [-0.1, -0.05) is 84.9 Å². The zero-order valence-electron chi connectivity index (χ0n) is 23.8. The Balaban J connectivity index is 1.33. The van der Waals surface area contributed by atoms with Crippen LogP contribution in [0.4, 0.5) is 4.79 Å². The molecule has 0 aromatic heterocycles. The number of hydrogen-bond donors (Lipinski definition) is 0. The number of nitrogens with zero attached hydrogens (tertiary/aromatic N) is 3. The van der Waals surface area contributed by atoms with Crippen LogP contribution in [-0.2, 0) is 21.4 Å². The maximum Gasteiger partial charge on any atom is 0.410 e. The van der Waals surface area contributed by atoms with Gasteiger partial charge in [-0.3, -0.25) is 0 Å². The first-order valence-electron chi connectivity index (χ1n) is 14.3. The quantitative estimate of drug-likeness (QED) is 0.242. The predicted octanol–water partition coefficient (Wildman–Crippen LogP) is 5.77. The zero-order valence-corrected chi connectivity index (χ0v) is 24.7. The van der Waals surface area contributed by atoms with Crippen molar-refractivity contribution < 1.29 is 17.9 Å². The first kappa shape index (κ1) is 30.5. The number of benzene rings is 3. The van der Waals surface area contributed by atoms with E-state index < -0.39 is 10.0 Å². The van der Waals surface area contributed by atoms with E-state index in [-0.39, 0.29) is 24.7 Å². The van der Waals surface area contributed by atoms with E-state index in [0.717, 1.165) is 50.0 Å². The van der Waals surface area contributed by atoms with Gasteiger partial charge in [0.05, 0.1) is 4.90 Å². The van der Waals surface area contributed by atoms with Crippen molar-refractivity contribution in [1.29, 1.82) is 0 Å². The molecule has 3 aromatic carbocycles. The van der Waals surface area contributed by atoms with Gasteiger partial charge < -0.3 is 14.5 Å². The Labute approximate surface area is 245 Å². The van der Waals surface area contributed by atoms with E-state index in [0.29, 0.717) is 18.0 Å². The molecule has 0 saturated carbocycles. The summed E-state index contributed by atoms with van der Waals surface area (Å²) in [5, 5.41) is 0. The first-order valence-corrected chi connectivity index (χ1v) is 15.7. The molecule has 1 amide bonds. The number of likely N-dealkylation sites (N-methyl/N-ethyl adjacent to an activating group) is 1. The highest BCUT2D eigenvalue weighted by Gasteiger charge is 2.29. The number of rotatable bonds is 13. The van der Waals surface area contributed by atoms with E-state index in [1.165, 1.54) is 4.31 Å².